The average molecular weight is 261 g/mol. The van der Waals surface area contributed by atoms with E-state index in [1.807, 2.05) is 18.2 Å². The molecule has 1 rings (SSSR count). The quantitative estimate of drug-likeness (QED) is 0.882. The van der Waals surface area contributed by atoms with Crippen LogP contribution in [0.25, 0.3) is 0 Å². The van der Waals surface area contributed by atoms with E-state index in [1.54, 1.807) is 0 Å². The van der Waals surface area contributed by atoms with Gasteiger partial charge in [-0.25, -0.2) is 0 Å². The Kier molecular flexibility index (Phi) is 5.56. The Morgan fingerprint density at radius 2 is 2.00 bits per heavy atom. The van der Waals surface area contributed by atoms with Gasteiger partial charge in [0.1, 0.15) is 0 Å². The summed E-state index contributed by atoms with van der Waals surface area (Å²) >= 11 is 11.8. The molecule has 1 unspecified atom stereocenters. The minimum absolute atomic E-state index is 0.472. The van der Waals surface area contributed by atoms with Crippen molar-refractivity contribution < 1.29 is 0 Å². The van der Waals surface area contributed by atoms with Crippen molar-refractivity contribution in [2.45, 2.75) is 25.9 Å². The molecule has 0 fully saturated rings. The van der Waals surface area contributed by atoms with Gasteiger partial charge >= 0.3 is 0 Å². The molecule has 0 aliphatic carbocycles. The molecule has 0 saturated carbocycles. The Balaban J connectivity index is 2.62. The summed E-state index contributed by atoms with van der Waals surface area (Å²) in [4.78, 5) is 2.26. The van der Waals surface area contributed by atoms with Crippen molar-refractivity contribution in [2.24, 2.45) is 5.73 Å². The number of hydrogen-bond donors (Lipinski definition) is 1. The molecule has 4 heteroatoms. The van der Waals surface area contributed by atoms with Crippen LogP contribution >= 0.6 is 23.2 Å². The van der Waals surface area contributed by atoms with Crippen LogP contribution in [0.1, 0.15) is 18.9 Å². The van der Waals surface area contributed by atoms with Crippen molar-refractivity contribution in [3.8, 4) is 0 Å². The molecular formula is C12H18Cl2N2. The zero-order valence-electron chi connectivity index (χ0n) is 9.71. The topological polar surface area (TPSA) is 29.3 Å². The predicted molar refractivity (Wildman–Crippen MR) is 71.1 cm³/mol. The van der Waals surface area contributed by atoms with Crippen LogP contribution in [0.5, 0.6) is 0 Å². The smallest absolute Gasteiger partial charge is 0.0595 e. The summed E-state index contributed by atoms with van der Waals surface area (Å²) in [5, 5.41) is 1.21. The highest BCUT2D eigenvalue weighted by Gasteiger charge is 2.09. The van der Waals surface area contributed by atoms with Crippen molar-refractivity contribution in [2.75, 3.05) is 13.6 Å². The van der Waals surface area contributed by atoms with Crippen LogP contribution in [0.3, 0.4) is 0 Å². The lowest BCUT2D eigenvalue weighted by Crippen LogP contribution is -2.30. The molecule has 0 saturated heterocycles. The van der Waals surface area contributed by atoms with Gasteiger partial charge in [0.2, 0.25) is 0 Å². The third-order valence-electron chi connectivity index (χ3n) is 2.75. The molecular weight excluding hydrogens is 243 g/mol. The van der Waals surface area contributed by atoms with Crippen LogP contribution < -0.4 is 5.73 Å². The van der Waals surface area contributed by atoms with Gasteiger partial charge in [0.05, 0.1) is 10.0 Å². The zero-order valence-corrected chi connectivity index (χ0v) is 11.2. The maximum Gasteiger partial charge on any atom is 0.0595 e. The number of benzene rings is 1. The van der Waals surface area contributed by atoms with Gasteiger partial charge in [0, 0.05) is 12.6 Å². The van der Waals surface area contributed by atoms with E-state index in [-0.39, 0.29) is 0 Å². The first-order valence-electron chi connectivity index (χ1n) is 5.39. The second kappa shape index (κ2) is 6.45. The monoisotopic (exact) mass is 260 g/mol. The molecule has 1 aromatic carbocycles. The van der Waals surface area contributed by atoms with E-state index in [2.05, 4.69) is 18.9 Å². The van der Waals surface area contributed by atoms with E-state index in [0.29, 0.717) is 22.6 Å². The highest BCUT2D eigenvalue weighted by molar-refractivity contribution is 6.42. The summed E-state index contributed by atoms with van der Waals surface area (Å²) in [5.74, 6) is 0. The maximum absolute atomic E-state index is 5.97. The largest absolute Gasteiger partial charge is 0.330 e. The van der Waals surface area contributed by atoms with Gasteiger partial charge in [-0.05, 0) is 44.6 Å². The van der Waals surface area contributed by atoms with Crippen molar-refractivity contribution in [3.05, 3.63) is 33.8 Å². The average Bonchev–Trinajstić information content (AvgIpc) is 2.24. The summed E-state index contributed by atoms with van der Waals surface area (Å²) in [6, 6.07) is 6.22. The lowest BCUT2D eigenvalue weighted by Gasteiger charge is -2.24. The zero-order chi connectivity index (χ0) is 12.1. The van der Waals surface area contributed by atoms with E-state index in [1.165, 1.54) is 5.56 Å². The molecule has 16 heavy (non-hydrogen) atoms. The first-order chi connectivity index (χ1) is 7.54. The molecule has 0 heterocycles. The van der Waals surface area contributed by atoms with Gasteiger partial charge < -0.3 is 5.73 Å². The fraction of sp³-hybridized carbons (Fsp3) is 0.500. The van der Waals surface area contributed by atoms with Gasteiger partial charge in [-0.2, -0.15) is 0 Å². The van der Waals surface area contributed by atoms with Crippen molar-refractivity contribution in [1.29, 1.82) is 0 Å². The molecule has 2 nitrogen and oxygen atoms in total. The first kappa shape index (κ1) is 13.8. The van der Waals surface area contributed by atoms with E-state index in [0.717, 1.165) is 13.0 Å². The molecule has 0 aromatic heterocycles. The number of nitrogens with two attached hydrogens (primary N) is 1. The lowest BCUT2D eigenvalue weighted by molar-refractivity contribution is 0.240. The Labute approximate surface area is 107 Å². The fourth-order valence-electron chi connectivity index (χ4n) is 1.54. The van der Waals surface area contributed by atoms with E-state index < -0.39 is 0 Å². The highest BCUT2D eigenvalue weighted by atomic mass is 35.5. The maximum atomic E-state index is 5.97. The Bertz CT molecular complexity index is 342. The van der Waals surface area contributed by atoms with E-state index in [9.17, 15) is 0 Å². The first-order valence-corrected chi connectivity index (χ1v) is 6.14. The van der Waals surface area contributed by atoms with Crippen LogP contribution in [-0.4, -0.2) is 24.5 Å². The Morgan fingerprint density at radius 1 is 1.31 bits per heavy atom. The highest BCUT2D eigenvalue weighted by Crippen LogP contribution is 2.23. The predicted octanol–water partition coefficient (Wildman–Crippen LogP) is 3.16. The van der Waals surface area contributed by atoms with Crippen molar-refractivity contribution >= 4 is 23.2 Å². The SMILES string of the molecule is CC(CCN)N(C)Cc1ccc(Cl)c(Cl)c1. The molecule has 1 atom stereocenters. The van der Waals surface area contributed by atoms with Gasteiger partial charge in [0.15, 0.2) is 0 Å². The van der Waals surface area contributed by atoms with Crippen LogP contribution in [0.15, 0.2) is 18.2 Å². The molecule has 1 aromatic rings. The summed E-state index contributed by atoms with van der Waals surface area (Å²) in [7, 11) is 2.09. The summed E-state index contributed by atoms with van der Waals surface area (Å²) in [6.07, 6.45) is 0.998. The van der Waals surface area contributed by atoms with Crippen molar-refractivity contribution in [3.63, 3.8) is 0 Å². The van der Waals surface area contributed by atoms with Crippen LogP contribution in [0, 0.1) is 0 Å². The summed E-state index contributed by atoms with van der Waals surface area (Å²) in [6.45, 7) is 3.75. The Hall–Kier alpha value is -0.280. The lowest BCUT2D eigenvalue weighted by atomic mass is 10.1. The van der Waals surface area contributed by atoms with Crippen LogP contribution in [0.2, 0.25) is 10.0 Å². The second-order valence-corrected chi connectivity index (χ2v) is 4.90. The molecule has 0 aliphatic heterocycles. The normalized spacial score (nSPS) is 13.1. The van der Waals surface area contributed by atoms with Crippen LogP contribution in [0.4, 0.5) is 0 Å². The fourth-order valence-corrected chi connectivity index (χ4v) is 1.86. The number of hydrogen-bond acceptors (Lipinski definition) is 2. The van der Waals surface area contributed by atoms with E-state index in [4.69, 9.17) is 28.9 Å². The molecule has 0 bridgehead atoms. The molecule has 0 radical (unpaired) electrons. The number of halogens is 2. The Morgan fingerprint density at radius 3 is 2.56 bits per heavy atom. The third kappa shape index (κ3) is 3.95. The van der Waals surface area contributed by atoms with Gasteiger partial charge in [-0.15, -0.1) is 0 Å². The standard InChI is InChI=1S/C12H18Cl2N2/c1-9(5-6-15)16(2)8-10-3-4-11(13)12(14)7-10/h3-4,7,9H,5-6,8,15H2,1-2H3. The number of rotatable bonds is 5. The minimum atomic E-state index is 0.472. The third-order valence-corrected chi connectivity index (χ3v) is 3.49. The minimum Gasteiger partial charge on any atom is -0.330 e. The second-order valence-electron chi connectivity index (χ2n) is 4.09. The molecule has 2 N–H and O–H groups in total. The van der Waals surface area contributed by atoms with E-state index >= 15 is 0 Å². The van der Waals surface area contributed by atoms with Crippen LogP contribution in [-0.2, 0) is 6.54 Å². The van der Waals surface area contributed by atoms with Gasteiger partial charge in [-0.1, -0.05) is 29.3 Å². The van der Waals surface area contributed by atoms with Crippen molar-refractivity contribution in [1.82, 2.24) is 4.90 Å². The molecule has 0 spiro atoms. The molecule has 0 amide bonds. The summed E-state index contributed by atoms with van der Waals surface area (Å²) in [5.41, 5.74) is 6.71. The molecule has 90 valence electrons. The van der Waals surface area contributed by atoms with Gasteiger partial charge in [0.25, 0.3) is 0 Å². The summed E-state index contributed by atoms with van der Waals surface area (Å²) < 4.78 is 0. The molecule has 0 aliphatic rings. The van der Waals surface area contributed by atoms with Gasteiger partial charge in [-0.3, -0.25) is 4.90 Å². The number of nitrogens with zero attached hydrogens (tertiary/aromatic N) is 1.